The van der Waals surface area contributed by atoms with Gasteiger partial charge in [0, 0.05) is 37.0 Å². The van der Waals surface area contributed by atoms with Crippen LogP contribution in [-0.2, 0) is 0 Å². The quantitative estimate of drug-likeness (QED) is 0.188. The molecule has 37 heavy (non-hydrogen) atoms. The highest BCUT2D eigenvalue weighted by atomic mass is 28.3. The van der Waals surface area contributed by atoms with Crippen LogP contribution in [0.2, 0.25) is 26.2 Å². The smallest absolute Gasteiger partial charge is 0.274 e. The van der Waals surface area contributed by atoms with Crippen molar-refractivity contribution in [3.05, 3.63) is 73.6 Å². The van der Waals surface area contributed by atoms with E-state index in [4.69, 9.17) is 5.73 Å². The molecule has 0 unspecified atom stereocenters. The highest BCUT2D eigenvalue weighted by molar-refractivity contribution is 6.74. The van der Waals surface area contributed by atoms with Crippen LogP contribution in [-0.4, -0.2) is 38.1 Å². The van der Waals surface area contributed by atoms with Crippen LogP contribution in [0.1, 0.15) is 48.6 Å². The first kappa shape index (κ1) is 27.8. The number of benzene rings is 2. The molecular weight excluding hydrogens is 504 g/mol. The molecule has 198 valence electrons. The zero-order valence-corrected chi connectivity index (χ0v) is 22.0. The van der Waals surface area contributed by atoms with E-state index in [-0.39, 0.29) is 28.9 Å². The van der Waals surface area contributed by atoms with E-state index in [0.717, 1.165) is 37.8 Å². The van der Waals surface area contributed by atoms with Crippen molar-refractivity contribution in [2.75, 3.05) is 5.73 Å². The average molecular weight is 534 g/mol. The first-order valence-electron chi connectivity index (χ1n) is 11.7. The van der Waals surface area contributed by atoms with Crippen molar-refractivity contribution >= 4 is 25.1 Å². The third-order valence-corrected chi connectivity index (χ3v) is 5.23. The van der Waals surface area contributed by atoms with E-state index in [1.54, 1.807) is 0 Å². The molecule has 0 aliphatic heterocycles. The Kier molecular flexibility index (Phi) is 8.31. The van der Waals surface area contributed by atoms with Crippen LogP contribution in [0.5, 0.6) is 0 Å². The molecule has 0 bridgehead atoms. The number of nitrogens with two attached hydrogens (primary N) is 1. The molecule has 2 aliphatic carbocycles. The van der Waals surface area contributed by atoms with Gasteiger partial charge in [0.25, 0.3) is 11.4 Å². The number of hydrogen-bond acceptors (Lipinski definition) is 8. The molecule has 2 saturated carbocycles. The predicted octanol–water partition coefficient (Wildman–Crippen LogP) is 5.73. The van der Waals surface area contributed by atoms with Gasteiger partial charge in [-0.3, -0.25) is 20.2 Å². The summed E-state index contributed by atoms with van der Waals surface area (Å²) in [4.78, 5) is 19.9. The third kappa shape index (κ3) is 7.83. The topological polar surface area (TPSA) is 156 Å². The van der Waals surface area contributed by atoms with Crippen LogP contribution in [0.15, 0.2) is 30.6 Å². The summed E-state index contributed by atoms with van der Waals surface area (Å²) in [6.45, 7) is 9.31. The van der Waals surface area contributed by atoms with Gasteiger partial charge in [-0.15, -0.1) is 5.10 Å². The van der Waals surface area contributed by atoms with Gasteiger partial charge in [-0.05, 0) is 47.9 Å². The van der Waals surface area contributed by atoms with Crippen LogP contribution in [0.3, 0.4) is 0 Å². The van der Waals surface area contributed by atoms with Gasteiger partial charge in [0.05, 0.1) is 27.7 Å². The molecule has 0 amide bonds. The molecule has 2 N–H and O–H groups in total. The maximum absolute atomic E-state index is 14.0. The molecule has 0 radical (unpaired) electrons. The highest BCUT2D eigenvalue weighted by Gasteiger charge is 2.32. The van der Waals surface area contributed by atoms with Crippen LogP contribution >= 0.6 is 0 Å². The Bertz CT molecular complexity index is 1260. The summed E-state index contributed by atoms with van der Waals surface area (Å²) in [5.74, 6) is -0.864. The second kappa shape index (κ2) is 11.1. The van der Waals surface area contributed by atoms with Gasteiger partial charge in [-0.25, -0.2) is 8.78 Å². The molecule has 2 aliphatic rings. The molecule has 2 fully saturated rings. The number of nitro groups is 2. The number of nitrogens with zero attached hydrogens (tertiary/aromatic N) is 6. The lowest BCUT2D eigenvalue weighted by Gasteiger charge is -2.08. The predicted molar refractivity (Wildman–Crippen MR) is 136 cm³/mol. The Morgan fingerprint density at radius 3 is 1.76 bits per heavy atom. The van der Waals surface area contributed by atoms with E-state index in [0.29, 0.717) is 16.8 Å². The first-order valence-corrected chi connectivity index (χ1v) is 15.7. The van der Waals surface area contributed by atoms with Crippen molar-refractivity contribution in [2.45, 2.75) is 63.7 Å². The number of tetrazole rings is 1. The summed E-state index contributed by atoms with van der Waals surface area (Å²) in [5, 5.41) is 31.7. The van der Waals surface area contributed by atoms with Crippen LogP contribution in [0.25, 0.3) is 5.69 Å². The summed E-state index contributed by atoms with van der Waals surface area (Å²) in [6.07, 6.45) is 4.88. The van der Waals surface area contributed by atoms with Gasteiger partial charge in [0.1, 0.15) is 18.0 Å². The van der Waals surface area contributed by atoms with Crippen LogP contribution in [0.4, 0.5) is 25.8 Å². The largest absolute Gasteiger partial charge is 0.398 e. The Balaban J connectivity index is 0.000000178. The number of anilines is 1. The monoisotopic (exact) mass is 533 g/mol. The molecular formula is C23H29F2N7O4Si. The Morgan fingerprint density at radius 1 is 0.892 bits per heavy atom. The fraction of sp³-hybridized carbons (Fsp3) is 0.435. The zero-order valence-electron chi connectivity index (χ0n) is 21.0. The summed E-state index contributed by atoms with van der Waals surface area (Å²) >= 11 is 0. The van der Waals surface area contributed by atoms with E-state index in [1.165, 1.54) is 23.1 Å². The van der Waals surface area contributed by atoms with Crippen molar-refractivity contribution in [1.29, 1.82) is 0 Å². The zero-order chi connectivity index (χ0) is 27.5. The molecule has 3 aromatic rings. The number of rotatable bonds is 5. The lowest BCUT2D eigenvalue weighted by atomic mass is 10.1. The van der Waals surface area contributed by atoms with E-state index < -0.39 is 29.6 Å². The molecule has 2 aromatic carbocycles. The number of halogens is 2. The summed E-state index contributed by atoms with van der Waals surface area (Å²) < 4.78 is 28.6. The lowest BCUT2D eigenvalue weighted by molar-refractivity contribution is -0.385. The van der Waals surface area contributed by atoms with E-state index >= 15 is 0 Å². The highest BCUT2D eigenvalue weighted by Crippen LogP contribution is 2.45. The number of hydrogen-bond donors (Lipinski definition) is 1. The van der Waals surface area contributed by atoms with E-state index in [9.17, 15) is 29.0 Å². The van der Waals surface area contributed by atoms with Crippen molar-refractivity contribution in [2.24, 2.45) is 0 Å². The normalized spacial score (nSPS) is 14.6. The number of non-ortho nitro benzene ring substituents is 2. The van der Waals surface area contributed by atoms with E-state index in [2.05, 4.69) is 41.7 Å². The Labute approximate surface area is 213 Å². The second-order valence-corrected chi connectivity index (χ2v) is 16.6. The minimum atomic E-state index is -0.643. The third-order valence-electron chi connectivity index (χ3n) is 5.23. The van der Waals surface area contributed by atoms with Crippen LogP contribution < -0.4 is 5.73 Å². The fourth-order valence-corrected chi connectivity index (χ4v) is 3.46. The van der Waals surface area contributed by atoms with Gasteiger partial charge < -0.3 is 5.73 Å². The maximum atomic E-state index is 14.0. The van der Waals surface area contributed by atoms with Gasteiger partial charge >= 0.3 is 0 Å². The molecule has 1 aromatic heterocycles. The molecule has 0 spiro atoms. The number of aromatic nitrogens is 4. The molecule has 0 saturated heterocycles. The van der Waals surface area contributed by atoms with Crippen molar-refractivity contribution in [3.63, 3.8) is 0 Å². The average Bonchev–Trinajstić information content (AvgIpc) is 3.71. The van der Waals surface area contributed by atoms with Gasteiger partial charge in [-0.2, -0.15) is 4.68 Å². The van der Waals surface area contributed by atoms with Crippen molar-refractivity contribution in [1.82, 2.24) is 20.2 Å². The Hall–Kier alpha value is -3.81. The Morgan fingerprint density at radius 2 is 1.35 bits per heavy atom. The van der Waals surface area contributed by atoms with Crippen molar-refractivity contribution < 1.29 is 18.6 Å². The lowest BCUT2D eigenvalue weighted by Crippen LogP contribution is -2.10. The summed E-state index contributed by atoms with van der Waals surface area (Å²) in [6, 6.07) is 4.40. The summed E-state index contributed by atoms with van der Waals surface area (Å²) in [5.41, 5.74) is 6.39. The van der Waals surface area contributed by atoms with Crippen LogP contribution in [0, 0.1) is 31.9 Å². The minimum absolute atomic E-state index is 0.102. The molecule has 1 heterocycles. The second-order valence-electron chi connectivity index (χ2n) is 10.6. The van der Waals surface area contributed by atoms with Gasteiger partial charge in [-0.1, -0.05) is 26.2 Å². The molecule has 5 rings (SSSR count). The number of nitrogen functional groups attached to an aromatic ring is 1. The standard InChI is InChI=1S/C10H8FN5O2.C9H9FN2O2.C4H12Si/c11-8-3-7(16(17)18)4-9(10(8)6-1-2-6)15-5-12-13-14-15;10-7-3-6(12(13)14)4-8(11)9(7)5-1-2-5;1-5(2,3)4/h3-6H,1-2H2;3-5H,1-2,11H2;1-4H3. The van der Waals surface area contributed by atoms with E-state index in [1.807, 2.05) is 0 Å². The van der Waals surface area contributed by atoms with Gasteiger partial charge in [0.2, 0.25) is 0 Å². The minimum Gasteiger partial charge on any atom is -0.398 e. The molecule has 0 atom stereocenters. The molecule has 11 nitrogen and oxygen atoms in total. The summed E-state index contributed by atoms with van der Waals surface area (Å²) in [7, 11) is -0.611. The van der Waals surface area contributed by atoms with Crippen molar-refractivity contribution in [3.8, 4) is 5.69 Å². The SMILES string of the molecule is C[Si](C)(C)C.Nc1cc([N+](=O)[O-])cc(F)c1C1CC1.O=[N+]([O-])c1cc(F)c(C2CC2)c(-n2cnnn2)c1. The first-order chi connectivity index (χ1) is 17.3. The maximum Gasteiger partial charge on any atom is 0.274 e. The molecule has 14 heteroatoms. The fourth-order valence-electron chi connectivity index (χ4n) is 3.46. The van der Waals surface area contributed by atoms with Gasteiger partial charge in [0.15, 0.2) is 0 Å². The number of nitro benzene ring substituents is 2.